The van der Waals surface area contributed by atoms with Gasteiger partial charge in [-0.05, 0) is 84.1 Å². The Labute approximate surface area is 217 Å². The van der Waals surface area contributed by atoms with Gasteiger partial charge in [0.2, 0.25) is 5.91 Å². The van der Waals surface area contributed by atoms with Crippen LogP contribution < -0.4 is 21.5 Å². The van der Waals surface area contributed by atoms with Gasteiger partial charge >= 0.3 is 0 Å². The van der Waals surface area contributed by atoms with Gasteiger partial charge in [-0.1, -0.05) is 11.6 Å². The minimum Gasteiger partial charge on any atom is -0.373 e. The highest BCUT2D eigenvalue weighted by molar-refractivity contribution is 5.79. The maximum absolute atomic E-state index is 12.8. The molecular weight excluding hydrogens is 452 g/mol. The third kappa shape index (κ3) is 5.53. The zero-order valence-corrected chi connectivity index (χ0v) is 22.8. The summed E-state index contributed by atoms with van der Waals surface area (Å²) in [6.45, 7) is 13.0. The van der Waals surface area contributed by atoms with Gasteiger partial charge in [0.25, 0.3) is 0 Å². The number of hydrazine groups is 1. The summed E-state index contributed by atoms with van der Waals surface area (Å²) in [7, 11) is 0. The highest BCUT2D eigenvalue weighted by atomic mass is 16.5. The fraction of sp³-hybridized carbons (Fsp3) is 0.821. The van der Waals surface area contributed by atoms with E-state index in [0.29, 0.717) is 30.1 Å². The molecule has 0 bridgehead atoms. The van der Waals surface area contributed by atoms with E-state index in [-0.39, 0.29) is 18.1 Å². The molecule has 0 radical (unpaired) electrons. The van der Waals surface area contributed by atoms with E-state index in [9.17, 15) is 4.79 Å². The topological polar surface area (TPSA) is 80.9 Å². The number of hydrogen-bond acceptors (Lipinski definition) is 7. The van der Waals surface area contributed by atoms with Gasteiger partial charge in [0, 0.05) is 50.5 Å². The fourth-order valence-corrected chi connectivity index (χ4v) is 7.30. The van der Waals surface area contributed by atoms with Crippen LogP contribution in [0, 0.1) is 11.8 Å². The van der Waals surface area contributed by atoms with Crippen molar-refractivity contribution in [2.75, 3.05) is 32.8 Å². The summed E-state index contributed by atoms with van der Waals surface area (Å²) in [6, 6.07) is 0.740. The molecule has 0 aromatic rings. The number of hydrogen-bond donors (Lipinski definition) is 4. The Morgan fingerprint density at radius 3 is 2.58 bits per heavy atom. The van der Waals surface area contributed by atoms with Crippen molar-refractivity contribution in [2.24, 2.45) is 11.8 Å². The monoisotopic (exact) mass is 500 g/mol. The third-order valence-electron chi connectivity index (χ3n) is 9.22. The number of morpholine rings is 1. The lowest BCUT2D eigenvalue weighted by Crippen LogP contribution is -2.64. The quantitative estimate of drug-likeness (QED) is 0.417. The largest absolute Gasteiger partial charge is 0.373 e. The van der Waals surface area contributed by atoms with Gasteiger partial charge in [0.15, 0.2) is 0 Å². The summed E-state index contributed by atoms with van der Waals surface area (Å²) in [5.74, 6) is 1.15. The van der Waals surface area contributed by atoms with E-state index in [4.69, 9.17) is 4.74 Å². The molecule has 4 N–H and O–H groups in total. The Bertz CT molecular complexity index is 845. The van der Waals surface area contributed by atoms with Crippen molar-refractivity contribution < 1.29 is 9.53 Å². The Kier molecular flexibility index (Phi) is 8.37. The summed E-state index contributed by atoms with van der Waals surface area (Å²) < 4.78 is 5.98. The summed E-state index contributed by atoms with van der Waals surface area (Å²) in [5.41, 5.74) is 11.8. The number of allylic oxidation sites excluding steroid dienone is 3. The molecule has 3 heterocycles. The molecule has 3 aliphatic heterocycles. The number of ether oxygens (including phenoxy) is 1. The molecule has 202 valence electrons. The van der Waals surface area contributed by atoms with Gasteiger partial charge in [-0.2, -0.15) is 0 Å². The van der Waals surface area contributed by atoms with E-state index in [0.717, 1.165) is 71.4 Å². The lowest BCUT2D eigenvalue weighted by Gasteiger charge is -2.45. The predicted molar refractivity (Wildman–Crippen MR) is 143 cm³/mol. The molecule has 0 saturated carbocycles. The first kappa shape index (κ1) is 26.2. The maximum Gasteiger partial charge on any atom is 0.225 e. The normalized spacial score (nSPS) is 37.8. The second-order valence-corrected chi connectivity index (χ2v) is 11.6. The number of carbonyl (C=O) groups excluding carboxylic acids is 1. The van der Waals surface area contributed by atoms with Crippen LogP contribution in [0.2, 0.25) is 0 Å². The molecule has 2 aliphatic carbocycles. The lowest BCUT2D eigenvalue weighted by atomic mass is 9.74. The Morgan fingerprint density at radius 1 is 1.11 bits per heavy atom. The van der Waals surface area contributed by atoms with Gasteiger partial charge < -0.3 is 15.1 Å². The van der Waals surface area contributed by atoms with Crippen molar-refractivity contribution in [1.82, 2.24) is 31.3 Å². The zero-order valence-electron chi connectivity index (χ0n) is 22.8. The minimum absolute atomic E-state index is 0.177. The lowest BCUT2D eigenvalue weighted by molar-refractivity contribution is -0.135. The Balaban J connectivity index is 1.20. The molecule has 0 aromatic heterocycles. The standard InChI is InChI=1S/C28H48N6O2/c1-5-33(6-2)28(35)21-9-7-20(8-10-21)22-11-12-24-23(13-22)27(32-31-24)25-14-26(30-17-29-25)34-15-18(3)36-19(4)16-34/h7,18-19,21-22,25-27,29-32H,5-6,8-17H2,1-4H3/t18-,19+,21-,22+,25-,26-,27-/m1/s1. The summed E-state index contributed by atoms with van der Waals surface area (Å²) in [5, 5.41) is 7.46. The molecule has 8 nitrogen and oxygen atoms in total. The molecule has 5 aliphatic rings. The highest BCUT2D eigenvalue weighted by Crippen LogP contribution is 2.41. The van der Waals surface area contributed by atoms with E-state index < -0.39 is 0 Å². The second kappa shape index (κ2) is 11.5. The van der Waals surface area contributed by atoms with Crippen LogP contribution in [0.5, 0.6) is 0 Å². The third-order valence-corrected chi connectivity index (χ3v) is 9.22. The average molecular weight is 501 g/mol. The number of amides is 1. The minimum atomic E-state index is 0.177. The van der Waals surface area contributed by atoms with E-state index in [2.05, 4.69) is 60.2 Å². The number of nitrogens with one attached hydrogen (secondary N) is 4. The highest BCUT2D eigenvalue weighted by Gasteiger charge is 2.40. The second-order valence-electron chi connectivity index (χ2n) is 11.6. The summed E-state index contributed by atoms with van der Waals surface area (Å²) >= 11 is 0. The van der Waals surface area contributed by atoms with Crippen LogP contribution in [-0.2, 0) is 9.53 Å². The summed E-state index contributed by atoms with van der Waals surface area (Å²) in [6.07, 6.45) is 11.0. The van der Waals surface area contributed by atoms with Gasteiger partial charge in [-0.25, -0.2) is 5.43 Å². The van der Waals surface area contributed by atoms with Crippen molar-refractivity contribution in [1.29, 1.82) is 0 Å². The van der Waals surface area contributed by atoms with E-state index in [1.54, 1.807) is 11.1 Å². The molecular formula is C28H48N6O2. The molecule has 2 saturated heterocycles. The molecule has 8 heteroatoms. The molecule has 7 atom stereocenters. The number of nitrogens with zero attached hydrogens (tertiary/aromatic N) is 2. The van der Waals surface area contributed by atoms with Gasteiger partial charge in [-0.15, -0.1) is 0 Å². The van der Waals surface area contributed by atoms with E-state index >= 15 is 0 Å². The van der Waals surface area contributed by atoms with Crippen LogP contribution in [0.4, 0.5) is 0 Å². The molecule has 1 amide bonds. The molecule has 0 aromatic carbocycles. The van der Waals surface area contributed by atoms with Crippen LogP contribution in [0.25, 0.3) is 0 Å². The Morgan fingerprint density at radius 2 is 1.89 bits per heavy atom. The smallest absolute Gasteiger partial charge is 0.225 e. The van der Waals surface area contributed by atoms with E-state index in [1.807, 2.05) is 4.90 Å². The number of carbonyl (C=O) groups is 1. The van der Waals surface area contributed by atoms with Crippen LogP contribution in [0.1, 0.15) is 72.6 Å². The number of rotatable bonds is 6. The van der Waals surface area contributed by atoms with Crippen molar-refractivity contribution in [2.45, 2.75) is 103 Å². The van der Waals surface area contributed by atoms with Crippen molar-refractivity contribution in [3.63, 3.8) is 0 Å². The van der Waals surface area contributed by atoms with E-state index in [1.165, 1.54) is 12.1 Å². The van der Waals surface area contributed by atoms with Gasteiger partial charge in [0.1, 0.15) is 0 Å². The first-order chi connectivity index (χ1) is 17.5. The van der Waals surface area contributed by atoms with Crippen LogP contribution in [0.15, 0.2) is 22.9 Å². The van der Waals surface area contributed by atoms with Crippen LogP contribution in [-0.4, -0.2) is 79.0 Å². The maximum atomic E-state index is 12.8. The molecule has 0 unspecified atom stereocenters. The predicted octanol–water partition coefficient (Wildman–Crippen LogP) is 2.46. The first-order valence-electron chi connectivity index (χ1n) is 14.5. The van der Waals surface area contributed by atoms with Crippen molar-refractivity contribution >= 4 is 5.91 Å². The zero-order chi connectivity index (χ0) is 25.2. The van der Waals surface area contributed by atoms with Crippen LogP contribution in [0.3, 0.4) is 0 Å². The Hall–Kier alpha value is -1.45. The fourth-order valence-electron chi connectivity index (χ4n) is 7.30. The molecule has 36 heavy (non-hydrogen) atoms. The molecule has 2 fully saturated rings. The molecule has 5 rings (SSSR count). The average Bonchev–Trinajstić information content (AvgIpc) is 3.32. The summed E-state index contributed by atoms with van der Waals surface area (Å²) in [4.78, 5) is 17.4. The molecule has 0 spiro atoms. The van der Waals surface area contributed by atoms with Gasteiger partial charge in [0.05, 0.1) is 24.4 Å². The van der Waals surface area contributed by atoms with Gasteiger partial charge in [-0.3, -0.25) is 20.3 Å². The first-order valence-corrected chi connectivity index (χ1v) is 14.5. The van der Waals surface area contributed by atoms with Crippen molar-refractivity contribution in [3.05, 3.63) is 22.9 Å². The SMILES string of the molecule is CCN(CC)C(=O)[C@@H]1CC=C([C@H]2CCC3=C(C2)[C@H]([C@H]2C[C@@H](N4C[C@@H](C)O[C@@H](C)C4)NCN2)NN3)CC1. The van der Waals surface area contributed by atoms with Crippen LogP contribution >= 0.6 is 0 Å². The van der Waals surface area contributed by atoms with Crippen molar-refractivity contribution in [3.8, 4) is 0 Å².